The van der Waals surface area contributed by atoms with E-state index in [0.717, 1.165) is 36.9 Å². The average molecular weight is 574 g/mol. The second kappa shape index (κ2) is 12.8. The number of primary amides is 1. The van der Waals surface area contributed by atoms with Crippen LogP contribution in [0.5, 0.6) is 5.75 Å². The summed E-state index contributed by atoms with van der Waals surface area (Å²) in [5, 5.41) is 14.3. The summed E-state index contributed by atoms with van der Waals surface area (Å²) >= 11 is 0. The maximum Gasteiger partial charge on any atom is 0.248 e. The molecule has 3 amide bonds. The quantitative estimate of drug-likeness (QED) is 0.277. The first-order chi connectivity index (χ1) is 20.3. The number of amides is 3. The molecule has 5 N–H and O–H groups in total. The van der Waals surface area contributed by atoms with E-state index in [9.17, 15) is 19.5 Å². The van der Waals surface area contributed by atoms with Crippen molar-refractivity contribution in [3.63, 3.8) is 0 Å². The number of hydrogen-bond donors (Lipinski definition) is 4. The zero-order valence-electron chi connectivity index (χ0n) is 23.9. The Morgan fingerprint density at radius 2 is 1.86 bits per heavy atom. The first kappa shape index (κ1) is 29.3. The van der Waals surface area contributed by atoms with Gasteiger partial charge in [0.2, 0.25) is 17.7 Å². The highest BCUT2D eigenvalue weighted by atomic mass is 16.5. The van der Waals surface area contributed by atoms with Gasteiger partial charge in [0.1, 0.15) is 17.4 Å². The average Bonchev–Trinajstić information content (AvgIpc) is 3.52. The summed E-state index contributed by atoms with van der Waals surface area (Å²) in [5.41, 5.74) is 7.14. The summed E-state index contributed by atoms with van der Waals surface area (Å²) in [4.78, 5) is 48.5. The number of hydrogen-bond acceptors (Lipinski definition) is 6. The second-order valence-corrected chi connectivity index (χ2v) is 11.6. The highest BCUT2D eigenvalue weighted by Gasteiger charge is 2.50. The number of methoxy groups -OCH3 is 1. The number of rotatable bonds is 11. The minimum Gasteiger partial charge on any atom is -0.497 e. The molecule has 10 heteroatoms. The van der Waals surface area contributed by atoms with E-state index in [1.165, 1.54) is 12.7 Å². The molecule has 2 heterocycles. The molecule has 10 nitrogen and oxygen atoms in total. The molecule has 0 bridgehead atoms. The summed E-state index contributed by atoms with van der Waals surface area (Å²) < 4.78 is 5.27. The van der Waals surface area contributed by atoms with Crippen molar-refractivity contribution >= 4 is 17.7 Å². The van der Waals surface area contributed by atoms with E-state index < -0.39 is 23.5 Å². The number of likely N-dealkylation sites (tertiary alicyclic amines) is 1. The van der Waals surface area contributed by atoms with Crippen LogP contribution in [0.2, 0.25) is 0 Å². The van der Waals surface area contributed by atoms with Gasteiger partial charge in [-0.3, -0.25) is 14.4 Å². The molecule has 1 aromatic heterocycles. The lowest BCUT2D eigenvalue weighted by Gasteiger charge is -2.52. The highest BCUT2D eigenvalue weighted by molar-refractivity contribution is 5.94. The van der Waals surface area contributed by atoms with E-state index in [1.54, 1.807) is 42.5 Å². The third-order valence-electron chi connectivity index (χ3n) is 8.69. The van der Waals surface area contributed by atoms with Crippen molar-refractivity contribution in [3.05, 3.63) is 83.4 Å². The van der Waals surface area contributed by atoms with E-state index in [4.69, 9.17) is 10.5 Å². The Labute approximate surface area is 245 Å². The minimum atomic E-state index is -0.872. The summed E-state index contributed by atoms with van der Waals surface area (Å²) in [7, 11) is 1.59. The van der Waals surface area contributed by atoms with Gasteiger partial charge in [-0.15, -0.1) is 0 Å². The standard InChI is InChI=1S/C32H39N5O5/c1-42-26-12-10-21(11-13-26)14-28(31(40)37-18-32(41,19-37)24-8-3-2-4-9-24)36-30(39)27(16-25-17-34-20-35-25)22-6-5-7-23(15-22)29(33)38/h5-7,10-13,15,17,20,24,27-28,41H,2-4,8-9,14,16,18-19H2,1H3,(H2,33,38)(H,34,35)(H,36,39). The fourth-order valence-corrected chi connectivity index (χ4v) is 6.25. The topological polar surface area (TPSA) is 151 Å². The summed E-state index contributed by atoms with van der Waals surface area (Å²) in [6.07, 6.45) is 9.08. The van der Waals surface area contributed by atoms with Crippen LogP contribution >= 0.6 is 0 Å². The maximum atomic E-state index is 14.0. The molecule has 222 valence electrons. The number of carbonyl (C=O) groups is 3. The van der Waals surface area contributed by atoms with Crippen LogP contribution in [0.4, 0.5) is 0 Å². The van der Waals surface area contributed by atoms with Gasteiger partial charge in [-0.2, -0.15) is 0 Å². The van der Waals surface area contributed by atoms with Gasteiger partial charge >= 0.3 is 0 Å². The number of aromatic amines is 1. The van der Waals surface area contributed by atoms with E-state index in [2.05, 4.69) is 15.3 Å². The largest absolute Gasteiger partial charge is 0.497 e. The Morgan fingerprint density at radius 3 is 2.50 bits per heavy atom. The third kappa shape index (κ3) is 6.65. The van der Waals surface area contributed by atoms with Crippen LogP contribution in [0.15, 0.2) is 61.1 Å². The van der Waals surface area contributed by atoms with Crippen molar-refractivity contribution in [1.29, 1.82) is 0 Å². The lowest BCUT2D eigenvalue weighted by molar-refractivity contribution is -0.172. The Hall–Kier alpha value is -4.18. The predicted octanol–water partition coefficient (Wildman–Crippen LogP) is 2.72. The fourth-order valence-electron chi connectivity index (χ4n) is 6.25. The van der Waals surface area contributed by atoms with Crippen LogP contribution in [0.25, 0.3) is 0 Å². The van der Waals surface area contributed by atoms with Crippen molar-refractivity contribution in [2.45, 2.75) is 62.5 Å². The van der Waals surface area contributed by atoms with Crippen molar-refractivity contribution in [3.8, 4) is 5.75 Å². The van der Waals surface area contributed by atoms with Gasteiger partial charge < -0.3 is 30.8 Å². The van der Waals surface area contributed by atoms with E-state index in [0.29, 0.717) is 16.9 Å². The Kier molecular flexibility index (Phi) is 8.91. The first-order valence-electron chi connectivity index (χ1n) is 14.6. The van der Waals surface area contributed by atoms with Gasteiger partial charge in [-0.25, -0.2) is 4.98 Å². The molecular weight excluding hydrogens is 534 g/mol. The molecule has 3 aromatic rings. The number of nitrogens with two attached hydrogens (primary N) is 1. The van der Waals surface area contributed by atoms with Crippen LogP contribution in [-0.2, 0) is 22.4 Å². The fraction of sp³-hybridized carbons (Fsp3) is 0.438. The number of ether oxygens (including phenoxy) is 1. The molecule has 1 aliphatic heterocycles. The molecule has 1 saturated carbocycles. The van der Waals surface area contributed by atoms with Crippen LogP contribution in [0.3, 0.4) is 0 Å². The third-order valence-corrected chi connectivity index (χ3v) is 8.69. The summed E-state index contributed by atoms with van der Waals surface area (Å²) in [6.45, 7) is 0.535. The molecule has 2 aromatic carbocycles. The zero-order chi connectivity index (χ0) is 29.7. The van der Waals surface area contributed by atoms with Crippen LogP contribution < -0.4 is 15.8 Å². The number of imidazole rings is 1. The SMILES string of the molecule is COc1ccc(CC(NC(=O)C(Cc2cnc[nH]2)c2cccc(C(N)=O)c2)C(=O)N2CC(O)(C3CCCCC3)C2)cc1. The van der Waals surface area contributed by atoms with Crippen molar-refractivity contribution < 1.29 is 24.2 Å². The molecular formula is C32H39N5O5. The lowest BCUT2D eigenvalue weighted by Crippen LogP contribution is -2.69. The highest BCUT2D eigenvalue weighted by Crippen LogP contribution is 2.38. The molecule has 1 aliphatic carbocycles. The lowest BCUT2D eigenvalue weighted by atomic mass is 9.72. The molecule has 42 heavy (non-hydrogen) atoms. The predicted molar refractivity (Wildman–Crippen MR) is 157 cm³/mol. The molecule has 0 spiro atoms. The number of H-pyrrole nitrogens is 1. The monoisotopic (exact) mass is 573 g/mol. The van der Waals surface area contributed by atoms with Gasteiger partial charge in [0, 0.05) is 30.3 Å². The molecule has 2 atom stereocenters. The normalized spacial score (nSPS) is 18.0. The van der Waals surface area contributed by atoms with E-state index in [1.807, 2.05) is 24.3 Å². The number of nitrogens with one attached hydrogen (secondary N) is 2. The zero-order valence-corrected chi connectivity index (χ0v) is 23.9. The Balaban J connectivity index is 1.38. The van der Waals surface area contributed by atoms with Gasteiger partial charge in [0.15, 0.2) is 0 Å². The van der Waals surface area contributed by atoms with Crippen LogP contribution in [-0.4, -0.2) is 69.5 Å². The smallest absolute Gasteiger partial charge is 0.248 e. The van der Waals surface area contributed by atoms with Crippen molar-refractivity contribution in [2.75, 3.05) is 20.2 Å². The van der Waals surface area contributed by atoms with Gasteiger partial charge in [0.05, 0.1) is 32.4 Å². The molecule has 0 radical (unpaired) electrons. The molecule has 2 unspecified atom stereocenters. The number of carbonyl (C=O) groups excluding carboxylic acids is 3. The first-order valence-corrected chi connectivity index (χ1v) is 14.6. The number of aromatic nitrogens is 2. The molecule has 2 fully saturated rings. The Bertz CT molecular complexity index is 1380. The van der Waals surface area contributed by atoms with Gasteiger partial charge in [0.25, 0.3) is 0 Å². The molecule has 5 rings (SSSR count). The summed E-state index contributed by atoms with van der Waals surface area (Å²) in [5.74, 6) is -1.01. The van der Waals surface area contributed by atoms with Crippen LogP contribution in [0.1, 0.15) is 65.2 Å². The number of aliphatic hydroxyl groups is 1. The van der Waals surface area contributed by atoms with E-state index >= 15 is 0 Å². The summed E-state index contributed by atoms with van der Waals surface area (Å²) in [6, 6.07) is 13.2. The molecule has 2 aliphatic rings. The number of β-amino-alcohol motifs (C(OH)–C–C–N with tert-alkyl or cyclic N) is 1. The number of benzene rings is 2. The minimum absolute atomic E-state index is 0.196. The van der Waals surface area contributed by atoms with Crippen molar-refractivity contribution in [2.24, 2.45) is 11.7 Å². The van der Waals surface area contributed by atoms with Gasteiger partial charge in [-0.1, -0.05) is 43.5 Å². The second-order valence-electron chi connectivity index (χ2n) is 11.6. The maximum absolute atomic E-state index is 14.0. The van der Waals surface area contributed by atoms with Gasteiger partial charge in [-0.05, 0) is 54.2 Å². The molecule has 1 saturated heterocycles. The Morgan fingerprint density at radius 1 is 1.12 bits per heavy atom. The van der Waals surface area contributed by atoms with Crippen molar-refractivity contribution in [1.82, 2.24) is 20.2 Å². The van der Waals surface area contributed by atoms with Crippen LogP contribution in [0, 0.1) is 5.92 Å². The number of nitrogens with zero attached hydrogens (tertiary/aromatic N) is 2. The van der Waals surface area contributed by atoms with E-state index in [-0.39, 0.29) is 43.7 Å².